The fourth-order valence-electron chi connectivity index (χ4n) is 2.85. The molecule has 24 heavy (non-hydrogen) atoms. The number of aliphatic hydroxyl groups excluding tert-OH is 1. The van der Waals surface area contributed by atoms with E-state index in [0.717, 1.165) is 16.9 Å². The first-order valence-corrected chi connectivity index (χ1v) is 8.23. The third kappa shape index (κ3) is 4.83. The van der Waals surface area contributed by atoms with E-state index >= 15 is 0 Å². The van der Waals surface area contributed by atoms with Crippen molar-refractivity contribution >= 4 is 5.91 Å². The molecule has 128 valence electrons. The Balaban J connectivity index is 2.03. The molecule has 0 spiro atoms. The molecule has 2 aromatic rings. The van der Waals surface area contributed by atoms with E-state index in [4.69, 9.17) is 4.74 Å². The summed E-state index contributed by atoms with van der Waals surface area (Å²) in [6, 6.07) is 17.3. The lowest BCUT2D eigenvalue weighted by atomic mass is 9.96. The zero-order valence-corrected chi connectivity index (χ0v) is 14.2. The van der Waals surface area contributed by atoms with Crippen molar-refractivity contribution in [1.29, 1.82) is 0 Å². The molecule has 2 rings (SSSR count). The third-order valence-electron chi connectivity index (χ3n) is 4.12. The Morgan fingerprint density at radius 2 is 1.79 bits per heavy atom. The van der Waals surface area contributed by atoms with Crippen molar-refractivity contribution in [2.45, 2.75) is 31.7 Å². The van der Waals surface area contributed by atoms with Crippen LogP contribution in [-0.2, 0) is 4.79 Å². The summed E-state index contributed by atoms with van der Waals surface area (Å²) in [6.45, 7) is 2.04. The summed E-state index contributed by atoms with van der Waals surface area (Å²) in [5, 5.41) is 12.3. The zero-order chi connectivity index (χ0) is 17.4. The van der Waals surface area contributed by atoms with Gasteiger partial charge in [-0.25, -0.2) is 0 Å². The number of amides is 1. The molecule has 2 N–H and O–H groups in total. The number of methoxy groups -OCH3 is 1. The first-order valence-electron chi connectivity index (χ1n) is 8.23. The van der Waals surface area contributed by atoms with Crippen LogP contribution >= 0.6 is 0 Å². The molecule has 4 heteroatoms. The first kappa shape index (κ1) is 18.0. The molecule has 0 fully saturated rings. The number of benzene rings is 2. The van der Waals surface area contributed by atoms with Crippen molar-refractivity contribution in [2.75, 3.05) is 13.7 Å². The Morgan fingerprint density at radius 1 is 1.12 bits per heavy atom. The third-order valence-corrected chi connectivity index (χ3v) is 4.12. The van der Waals surface area contributed by atoms with Crippen LogP contribution in [0.1, 0.15) is 42.9 Å². The number of para-hydroxylation sites is 1. The van der Waals surface area contributed by atoms with E-state index in [1.54, 1.807) is 7.11 Å². The molecule has 4 nitrogen and oxygen atoms in total. The molecular formula is C20H25NO3. The smallest absolute Gasteiger partial charge is 0.221 e. The van der Waals surface area contributed by atoms with E-state index < -0.39 is 0 Å². The van der Waals surface area contributed by atoms with Crippen LogP contribution in [-0.4, -0.2) is 24.7 Å². The maximum absolute atomic E-state index is 12.5. The number of ether oxygens (including phenoxy) is 1. The van der Waals surface area contributed by atoms with Crippen molar-refractivity contribution in [3.63, 3.8) is 0 Å². The van der Waals surface area contributed by atoms with E-state index in [2.05, 4.69) is 5.32 Å². The lowest BCUT2D eigenvalue weighted by Gasteiger charge is -2.20. The fourth-order valence-corrected chi connectivity index (χ4v) is 2.85. The van der Waals surface area contributed by atoms with Gasteiger partial charge in [0.1, 0.15) is 5.75 Å². The number of rotatable bonds is 8. The van der Waals surface area contributed by atoms with E-state index in [9.17, 15) is 9.90 Å². The molecule has 0 aliphatic rings. The quantitative estimate of drug-likeness (QED) is 0.781. The highest BCUT2D eigenvalue weighted by Gasteiger charge is 2.18. The van der Waals surface area contributed by atoms with Crippen molar-refractivity contribution in [1.82, 2.24) is 5.32 Å². The fraction of sp³-hybridized carbons (Fsp3) is 0.350. The van der Waals surface area contributed by atoms with E-state index in [-0.39, 0.29) is 24.5 Å². The molecule has 0 heterocycles. The summed E-state index contributed by atoms with van der Waals surface area (Å²) < 4.78 is 5.37. The van der Waals surface area contributed by atoms with Gasteiger partial charge in [0, 0.05) is 13.0 Å². The molecule has 0 saturated heterocycles. The molecule has 1 amide bonds. The Hall–Kier alpha value is -2.33. The lowest BCUT2D eigenvalue weighted by Crippen LogP contribution is -2.30. The zero-order valence-electron chi connectivity index (χ0n) is 14.2. The van der Waals surface area contributed by atoms with Crippen LogP contribution in [0, 0.1) is 0 Å². The Bertz CT molecular complexity index is 642. The van der Waals surface area contributed by atoms with Gasteiger partial charge in [0.15, 0.2) is 0 Å². The summed E-state index contributed by atoms with van der Waals surface area (Å²) in [6.07, 6.45) is 0.869. The number of carbonyl (C=O) groups is 1. The van der Waals surface area contributed by atoms with Gasteiger partial charge in [0.2, 0.25) is 5.91 Å². The summed E-state index contributed by atoms with van der Waals surface area (Å²) in [4.78, 5) is 12.5. The van der Waals surface area contributed by atoms with E-state index in [1.807, 2.05) is 61.5 Å². The van der Waals surface area contributed by atoms with E-state index in [0.29, 0.717) is 12.8 Å². The highest BCUT2D eigenvalue weighted by Crippen LogP contribution is 2.28. The van der Waals surface area contributed by atoms with Crippen molar-refractivity contribution < 1.29 is 14.6 Å². The number of hydrogen-bond donors (Lipinski definition) is 2. The lowest BCUT2D eigenvalue weighted by molar-refractivity contribution is -0.122. The van der Waals surface area contributed by atoms with Gasteiger partial charge >= 0.3 is 0 Å². The molecule has 0 bridgehead atoms. The Labute approximate surface area is 143 Å². The molecule has 2 aromatic carbocycles. The van der Waals surface area contributed by atoms with Gasteiger partial charge in [-0.2, -0.15) is 0 Å². The van der Waals surface area contributed by atoms with Gasteiger partial charge in [0.25, 0.3) is 0 Å². The monoisotopic (exact) mass is 327 g/mol. The Kier molecular flexibility index (Phi) is 6.82. The van der Waals surface area contributed by atoms with Crippen LogP contribution in [0.5, 0.6) is 5.75 Å². The van der Waals surface area contributed by atoms with E-state index in [1.165, 1.54) is 0 Å². The minimum absolute atomic E-state index is 0.0297. The second-order valence-corrected chi connectivity index (χ2v) is 5.89. The van der Waals surface area contributed by atoms with Gasteiger partial charge in [-0.3, -0.25) is 4.79 Å². The molecule has 0 radical (unpaired) electrons. The van der Waals surface area contributed by atoms with Crippen LogP contribution in [0.2, 0.25) is 0 Å². The van der Waals surface area contributed by atoms with Gasteiger partial charge in [0.05, 0.1) is 13.2 Å². The minimum atomic E-state index is -0.173. The molecule has 0 aliphatic carbocycles. The average molecular weight is 327 g/mol. The Morgan fingerprint density at radius 3 is 2.46 bits per heavy atom. The summed E-state index contributed by atoms with van der Waals surface area (Å²) >= 11 is 0. The summed E-state index contributed by atoms with van der Waals surface area (Å²) in [7, 11) is 1.64. The number of carbonyl (C=O) groups excluding carboxylic acids is 1. The van der Waals surface area contributed by atoms with Crippen LogP contribution < -0.4 is 10.1 Å². The van der Waals surface area contributed by atoms with Crippen molar-refractivity contribution in [2.24, 2.45) is 0 Å². The summed E-state index contributed by atoms with van der Waals surface area (Å²) in [5.41, 5.74) is 2.03. The highest BCUT2D eigenvalue weighted by molar-refractivity contribution is 5.77. The summed E-state index contributed by atoms with van der Waals surface area (Å²) in [5.74, 6) is 0.815. The minimum Gasteiger partial charge on any atom is -0.496 e. The van der Waals surface area contributed by atoms with Gasteiger partial charge < -0.3 is 15.2 Å². The molecular weight excluding hydrogens is 302 g/mol. The van der Waals surface area contributed by atoms with Crippen molar-refractivity contribution in [3.05, 3.63) is 65.7 Å². The van der Waals surface area contributed by atoms with Crippen LogP contribution in [0.4, 0.5) is 0 Å². The maximum Gasteiger partial charge on any atom is 0.221 e. The number of aliphatic hydroxyl groups is 1. The van der Waals surface area contributed by atoms with Crippen LogP contribution in [0.15, 0.2) is 54.6 Å². The molecule has 0 aromatic heterocycles. The normalized spacial score (nSPS) is 13.1. The van der Waals surface area contributed by atoms with Gasteiger partial charge in [-0.15, -0.1) is 0 Å². The highest BCUT2D eigenvalue weighted by atomic mass is 16.5. The molecule has 0 saturated carbocycles. The average Bonchev–Trinajstić information content (AvgIpc) is 2.62. The SMILES string of the molecule is COc1ccccc1C(C)CC(=O)NC(CCO)c1ccccc1. The van der Waals surface area contributed by atoms with Crippen molar-refractivity contribution in [3.8, 4) is 5.75 Å². The number of hydrogen-bond acceptors (Lipinski definition) is 3. The van der Waals surface area contributed by atoms with Crippen LogP contribution in [0.3, 0.4) is 0 Å². The second-order valence-electron chi connectivity index (χ2n) is 5.89. The maximum atomic E-state index is 12.5. The first-order chi connectivity index (χ1) is 11.7. The standard InChI is InChI=1S/C20H25NO3/c1-15(17-10-6-7-11-19(17)24-2)14-20(23)21-18(12-13-22)16-8-4-3-5-9-16/h3-11,15,18,22H,12-14H2,1-2H3,(H,21,23). The molecule has 2 atom stereocenters. The second kappa shape index (κ2) is 9.08. The largest absolute Gasteiger partial charge is 0.496 e. The van der Waals surface area contributed by atoms with Crippen LogP contribution in [0.25, 0.3) is 0 Å². The topological polar surface area (TPSA) is 58.6 Å². The predicted octanol–water partition coefficient (Wildman–Crippen LogP) is 3.43. The predicted molar refractivity (Wildman–Crippen MR) is 95.1 cm³/mol. The van der Waals surface area contributed by atoms with Gasteiger partial charge in [-0.05, 0) is 29.5 Å². The van der Waals surface area contributed by atoms with Gasteiger partial charge in [-0.1, -0.05) is 55.5 Å². The molecule has 2 unspecified atom stereocenters. The molecule has 0 aliphatic heterocycles. The number of nitrogens with one attached hydrogen (secondary N) is 1.